The zero-order valence-corrected chi connectivity index (χ0v) is 11.2. The van der Waals surface area contributed by atoms with Crippen molar-refractivity contribution < 1.29 is 4.79 Å². The summed E-state index contributed by atoms with van der Waals surface area (Å²) in [7, 11) is 1.97. The van der Waals surface area contributed by atoms with Crippen molar-refractivity contribution in [1.29, 1.82) is 0 Å². The molecule has 0 aliphatic carbocycles. The summed E-state index contributed by atoms with van der Waals surface area (Å²) in [6.45, 7) is 4.65. The molecule has 18 heavy (non-hydrogen) atoms. The van der Waals surface area contributed by atoms with Crippen LogP contribution < -0.4 is 5.32 Å². The highest BCUT2D eigenvalue weighted by Crippen LogP contribution is 2.19. The summed E-state index contributed by atoms with van der Waals surface area (Å²) < 4.78 is 1.73. The summed E-state index contributed by atoms with van der Waals surface area (Å²) in [4.78, 5) is 14.4. The van der Waals surface area contributed by atoms with E-state index in [1.807, 2.05) is 31.1 Å². The first-order valence-corrected chi connectivity index (χ1v) is 6.65. The van der Waals surface area contributed by atoms with Gasteiger partial charge in [-0.1, -0.05) is 0 Å². The molecule has 0 radical (unpaired) electrons. The van der Waals surface area contributed by atoms with Crippen molar-refractivity contribution in [2.75, 3.05) is 26.7 Å². The lowest BCUT2D eigenvalue weighted by atomic mass is 9.97. The van der Waals surface area contributed by atoms with E-state index in [4.69, 9.17) is 0 Å². The number of hydrogen-bond donors (Lipinski definition) is 1. The highest BCUT2D eigenvalue weighted by Gasteiger charge is 2.27. The second-order valence-electron chi connectivity index (χ2n) is 5.01. The Balaban J connectivity index is 1.96. The molecule has 100 valence electrons. The number of nitrogens with one attached hydrogen (secondary N) is 1. The Labute approximate surface area is 108 Å². The van der Waals surface area contributed by atoms with Gasteiger partial charge in [-0.3, -0.25) is 9.48 Å². The van der Waals surface area contributed by atoms with E-state index >= 15 is 0 Å². The molecule has 2 heterocycles. The van der Waals surface area contributed by atoms with E-state index in [9.17, 15) is 4.79 Å². The molecule has 1 N–H and O–H groups in total. The van der Waals surface area contributed by atoms with Gasteiger partial charge in [-0.05, 0) is 45.3 Å². The van der Waals surface area contributed by atoms with E-state index in [2.05, 4.69) is 10.4 Å². The van der Waals surface area contributed by atoms with Crippen molar-refractivity contribution in [3.05, 3.63) is 18.5 Å². The van der Waals surface area contributed by atoms with Gasteiger partial charge in [0.15, 0.2) is 0 Å². The standard InChI is InChI=1S/C13H22N4O/c1-11(17-8-4-6-15-17)13(18)16-7-3-5-12(10-16)9-14-2/h4,6,8,11-12,14H,3,5,7,9-10H2,1-2H3. The number of likely N-dealkylation sites (tertiary alicyclic amines) is 1. The third-order valence-electron chi connectivity index (χ3n) is 3.60. The minimum absolute atomic E-state index is 0.180. The van der Waals surface area contributed by atoms with E-state index in [1.165, 1.54) is 6.42 Å². The van der Waals surface area contributed by atoms with Gasteiger partial charge in [0.25, 0.3) is 0 Å². The predicted octanol–water partition coefficient (Wildman–Crippen LogP) is 0.902. The molecular formula is C13H22N4O. The Morgan fingerprint density at radius 2 is 2.44 bits per heavy atom. The summed E-state index contributed by atoms with van der Waals surface area (Å²) in [5, 5.41) is 7.34. The zero-order chi connectivity index (χ0) is 13.0. The highest BCUT2D eigenvalue weighted by molar-refractivity contribution is 5.80. The molecular weight excluding hydrogens is 228 g/mol. The maximum absolute atomic E-state index is 12.4. The van der Waals surface area contributed by atoms with Crippen molar-refractivity contribution in [1.82, 2.24) is 20.0 Å². The molecule has 1 saturated heterocycles. The Bertz CT molecular complexity index is 374. The van der Waals surface area contributed by atoms with Gasteiger partial charge in [0.1, 0.15) is 6.04 Å². The van der Waals surface area contributed by atoms with Crippen molar-refractivity contribution in [2.45, 2.75) is 25.8 Å². The van der Waals surface area contributed by atoms with Gasteiger partial charge in [0.2, 0.25) is 5.91 Å². The summed E-state index contributed by atoms with van der Waals surface area (Å²) in [6, 6.07) is 1.65. The molecule has 1 aliphatic rings. The van der Waals surface area contributed by atoms with Crippen molar-refractivity contribution >= 4 is 5.91 Å². The molecule has 1 aromatic heterocycles. The summed E-state index contributed by atoms with van der Waals surface area (Å²) in [5.41, 5.74) is 0. The van der Waals surface area contributed by atoms with Crippen LogP contribution in [0.2, 0.25) is 0 Å². The van der Waals surface area contributed by atoms with Crippen LogP contribution in [0.3, 0.4) is 0 Å². The molecule has 1 aliphatic heterocycles. The quantitative estimate of drug-likeness (QED) is 0.864. The Morgan fingerprint density at radius 1 is 1.61 bits per heavy atom. The summed E-state index contributed by atoms with van der Waals surface area (Å²) in [5.74, 6) is 0.761. The monoisotopic (exact) mass is 250 g/mol. The topological polar surface area (TPSA) is 50.2 Å². The molecule has 0 bridgehead atoms. The van der Waals surface area contributed by atoms with Crippen LogP contribution in [0.4, 0.5) is 0 Å². The fourth-order valence-electron chi connectivity index (χ4n) is 2.61. The van der Waals surface area contributed by atoms with E-state index < -0.39 is 0 Å². The van der Waals surface area contributed by atoms with Gasteiger partial charge in [-0.15, -0.1) is 0 Å². The molecule has 5 heteroatoms. The minimum Gasteiger partial charge on any atom is -0.341 e. The second kappa shape index (κ2) is 6.00. The number of nitrogens with zero attached hydrogens (tertiary/aromatic N) is 3. The number of carbonyl (C=O) groups is 1. The largest absolute Gasteiger partial charge is 0.341 e. The van der Waals surface area contributed by atoms with Gasteiger partial charge in [0, 0.05) is 25.5 Å². The number of carbonyl (C=O) groups excluding carboxylic acids is 1. The van der Waals surface area contributed by atoms with Crippen LogP contribution in [0.25, 0.3) is 0 Å². The predicted molar refractivity (Wildman–Crippen MR) is 70.2 cm³/mol. The SMILES string of the molecule is CNCC1CCCN(C(=O)C(C)n2cccn2)C1. The maximum Gasteiger partial charge on any atom is 0.247 e. The average Bonchev–Trinajstić information content (AvgIpc) is 2.91. The van der Waals surface area contributed by atoms with E-state index in [0.29, 0.717) is 5.92 Å². The molecule has 0 saturated carbocycles. The first-order chi connectivity index (χ1) is 8.72. The van der Waals surface area contributed by atoms with Gasteiger partial charge in [-0.25, -0.2) is 0 Å². The van der Waals surface area contributed by atoms with Crippen LogP contribution in [0.5, 0.6) is 0 Å². The van der Waals surface area contributed by atoms with Crippen LogP contribution in [0.1, 0.15) is 25.8 Å². The van der Waals surface area contributed by atoms with Crippen molar-refractivity contribution in [2.24, 2.45) is 5.92 Å². The van der Waals surface area contributed by atoms with Crippen LogP contribution in [0, 0.1) is 5.92 Å². The fraction of sp³-hybridized carbons (Fsp3) is 0.692. The lowest BCUT2D eigenvalue weighted by Gasteiger charge is -2.34. The third-order valence-corrected chi connectivity index (χ3v) is 3.60. The van der Waals surface area contributed by atoms with Gasteiger partial charge in [0.05, 0.1) is 0 Å². The number of piperidine rings is 1. The molecule has 2 rings (SSSR count). The number of hydrogen-bond acceptors (Lipinski definition) is 3. The van der Waals surface area contributed by atoms with Crippen LogP contribution in [0.15, 0.2) is 18.5 Å². The first-order valence-electron chi connectivity index (χ1n) is 6.65. The Hall–Kier alpha value is -1.36. The molecule has 5 nitrogen and oxygen atoms in total. The molecule has 0 spiro atoms. The maximum atomic E-state index is 12.4. The summed E-state index contributed by atoms with van der Waals surface area (Å²) in [6.07, 6.45) is 5.87. The minimum atomic E-state index is -0.201. The third kappa shape index (κ3) is 2.90. The lowest BCUT2D eigenvalue weighted by molar-refractivity contribution is -0.136. The van der Waals surface area contributed by atoms with E-state index in [-0.39, 0.29) is 11.9 Å². The number of amides is 1. The molecule has 1 amide bonds. The van der Waals surface area contributed by atoms with Crippen LogP contribution in [-0.2, 0) is 4.79 Å². The van der Waals surface area contributed by atoms with Crippen molar-refractivity contribution in [3.63, 3.8) is 0 Å². The molecule has 2 unspecified atom stereocenters. The smallest absolute Gasteiger partial charge is 0.247 e. The van der Waals surface area contributed by atoms with Crippen LogP contribution >= 0.6 is 0 Å². The number of rotatable bonds is 4. The second-order valence-corrected chi connectivity index (χ2v) is 5.01. The van der Waals surface area contributed by atoms with Crippen LogP contribution in [-0.4, -0.2) is 47.3 Å². The molecule has 0 aromatic carbocycles. The normalized spacial score (nSPS) is 21.9. The molecule has 1 aromatic rings. The lowest BCUT2D eigenvalue weighted by Crippen LogP contribution is -2.45. The average molecular weight is 250 g/mol. The van der Waals surface area contributed by atoms with Gasteiger partial charge in [-0.2, -0.15) is 5.10 Å². The van der Waals surface area contributed by atoms with E-state index in [1.54, 1.807) is 10.9 Å². The number of aromatic nitrogens is 2. The van der Waals surface area contributed by atoms with Gasteiger partial charge < -0.3 is 10.2 Å². The zero-order valence-electron chi connectivity index (χ0n) is 11.2. The first kappa shape index (κ1) is 13.1. The van der Waals surface area contributed by atoms with E-state index in [0.717, 1.165) is 26.1 Å². The fourth-order valence-corrected chi connectivity index (χ4v) is 2.61. The highest BCUT2D eigenvalue weighted by atomic mass is 16.2. The molecule has 2 atom stereocenters. The molecule has 1 fully saturated rings. The van der Waals surface area contributed by atoms with Gasteiger partial charge >= 0.3 is 0 Å². The van der Waals surface area contributed by atoms with Crippen molar-refractivity contribution in [3.8, 4) is 0 Å². The Kier molecular flexibility index (Phi) is 4.36. The Morgan fingerprint density at radius 3 is 3.11 bits per heavy atom. The summed E-state index contributed by atoms with van der Waals surface area (Å²) >= 11 is 0.